The van der Waals surface area contributed by atoms with Crippen molar-refractivity contribution in [3.05, 3.63) is 29.3 Å². The Labute approximate surface area is 110 Å². The number of hydrogen-bond acceptors (Lipinski definition) is 2. The molecular weight excluding hydrogens is 220 g/mol. The molecule has 1 atom stereocenters. The first-order valence-corrected chi connectivity index (χ1v) is 7.45. The fraction of sp³-hybridized carbons (Fsp3) is 0.625. The summed E-state index contributed by atoms with van der Waals surface area (Å²) in [6.45, 7) is 7.01. The molecule has 0 radical (unpaired) electrons. The summed E-state index contributed by atoms with van der Waals surface area (Å²) in [7, 11) is 0. The van der Waals surface area contributed by atoms with Crippen LogP contribution in [-0.4, -0.2) is 19.6 Å². The van der Waals surface area contributed by atoms with Crippen LogP contribution in [0.25, 0.3) is 0 Å². The first-order chi connectivity index (χ1) is 8.88. The molecule has 2 aliphatic heterocycles. The average Bonchev–Trinajstić information content (AvgIpc) is 2.87. The molecule has 2 heterocycles. The molecule has 2 aliphatic rings. The summed E-state index contributed by atoms with van der Waals surface area (Å²) in [6.07, 6.45) is 5.29. The standard InChI is InChI=1S/C16H24N2/c1-2-4-13-8-10-18(12-13)16-6-3-5-14-7-9-17-11-15(14)16/h3,5-6,13,17H,2,4,7-12H2,1H3. The zero-order valence-electron chi connectivity index (χ0n) is 11.4. The zero-order valence-corrected chi connectivity index (χ0v) is 11.4. The predicted octanol–water partition coefficient (Wildman–Crippen LogP) is 2.96. The van der Waals surface area contributed by atoms with Gasteiger partial charge in [-0.3, -0.25) is 0 Å². The van der Waals surface area contributed by atoms with E-state index in [9.17, 15) is 0 Å². The van der Waals surface area contributed by atoms with Crippen LogP contribution in [0, 0.1) is 5.92 Å². The van der Waals surface area contributed by atoms with Gasteiger partial charge >= 0.3 is 0 Å². The third kappa shape index (κ3) is 2.26. The van der Waals surface area contributed by atoms with Crippen LogP contribution in [0.2, 0.25) is 0 Å². The molecule has 0 aromatic heterocycles. The van der Waals surface area contributed by atoms with E-state index in [0.29, 0.717) is 0 Å². The second kappa shape index (κ2) is 5.31. The minimum atomic E-state index is 0.919. The van der Waals surface area contributed by atoms with Crippen molar-refractivity contribution >= 4 is 5.69 Å². The van der Waals surface area contributed by atoms with Gasteiger partial charge in [-0.05, 0) is 48.9 Å². The van der Waals surface area contributed by atoms with Gasteiger partial charge in [0.1, 0.15) is 0 Å². The maximum Gasteiger partial charge on any atom is 0.0414 e. The van der Waals surface area contributed by atoms with Gasteiger partial charge in [-0.2, -0.15) is 0 Å². The largest absolute Gasteiger partial charge is 0.371 e. The highest BCUT2D eigenvalue weighted by atomic mass is 15.2. The Morgan fingerprint density at radius 3 is 3.22 bits per heavy atom. The van der Waals surface area contributed by atoms with Crippen molar-refractivity contribution < 1.29 is 0 Å². The molecule has 1 unspecified atom stereocenters. The molecule has 2 nitrogen and oxygen atoms in total. The maximum absolute atomic E-state index is 3.51. The quantitative estimate of drug-likeness (QED) is 0.879. The Kier molecular flexibility index (Phi) is 3.55. The number of rotatable bonds is 3. The Morgan fingerprint density at radius 1 is 1.39 bits per heavy atom. The first kappa shape index (κ1) is 12.0. The predicted molar refractivity (Wildman–Crippen MR) is 77.1 cm³/mol. The average molecular weight is 244 g/mol. The van der Waals surface area contributed by atoms with Gasteiger partial charge in [0.25, 0.3) is 0 Å². The van der Waals surface area contributed by atoms with Gasteiger partial charge < -0.3 is 10.2 Å². The Balaban J connectivity index is 1.80. The van der Waals surface area contributed by atoms with E-state index in [0.717, 1.165) is 19.0 Å². The molecule has 1 saturated heterocycles. The highest BCUT2D eigenvalue weighted by Crippen LogP contribution is 2.31. The van der Waals surface area contributed by atoms with Gasteiger partial charge in [-0.1, -0.05) is 25.5 Å². The molecule has 1 N–H and O–H groups in total. The molecule has 98 valence electrons. The lowest BCUT2D eigenvalue weighted by Crippen LogP contribution is -2.28. The SMILES string of the molecule is CCCC1CCN(c2cccc3c2CNCC3)C1. The summed E-state index contributed by atoms with van der Waals surface area (Å²) in [4.78, 5) is 2.62. The molecule has 0 bridgehead atoms. The van der Waals surface area contributed by atoms with Crippen LogP contribution < -0.4 is 10.2 Å². The van der Waals surface area contributed by atoms with Crippen molar-refractivity contribution in [3.8, 4) is 0 Å². The summed E-state index contributed by atoms with van der Waals surface area (Å²) < 4.78 is 0. The minimum Gasteiger partial charge on any atom is -0.371 e. The first-order valence-electron chi connectivity index (χ1n) is 7.45. The number of hydrogen-bond donors (Lipinski definition) is 1. The van der Waals surface area contributed by atoms with Crippen LogP contribution in [0.4, 0.5) is 5.69 Å². The van der Waals surface area contributed by atoms with Gasteiger partial charge in [-0.25, -0.2) is 0 Å². The lowest BCUT2D eigenvalue weighted by molar-refractivity contribution is 0.529. The minimum absolute atomic E-state index is 0.919. The van der Waals surface area contributed by atoms with Crippen LogP contribution >= 0.6 is 0 Å². The highest BCUT2D eigenvalue weighted by molar-refractivity contribution is 5.58. The van der Waals surface area contributed by atoms with Gasteiger partial charge in [-0.15, -0.1) is 0 Å². The number of benzene rings is 1. The van der Waals surface area contributed by atoms with E-state index in [1.807, 2.05) is 0 Å². The van der Waals surface area contributed by atoms with E-state index in [4.69, 9.17) is 0 Å². The molecule has 1 aromatic carbocycles. The van der Waals surface area contributed by atoms with Gasteiger partial charge in [0.05, 0.1) is 0 Å². The van der Waals surface area contributed by atoms with Gasteiger partial charge in [0.2, 0.25) is 0 Å². The monoisotopic (exact) mass is 244 g/mol. The van der Waals surface area contributed by atoms with E-state index < -0.39 is 0 Å². The van der Waals surface area contributed by atoms with E-state index >= 15 is 0 Å². The Hall–Kier alpha value is -1.02. The molecule has 0 aliphatic carbocycles. The van der Waals surface area contributed by atoms with Crippen molar-refractivity contribution in [3.63, 3.8) is 0 Å². The number of nitrogens with zero attached hydrogens (tertiary/aromatic N) is 1. The zero-order chi connectivity index (χ0) is 12.4. The van der Waals surface area contributed by atoms with Crippen LogP contribution in [0.15, 0.2) is 18.2 Å². The van der Waals surface area contributed by atoms with Crippen molar-refractivity contribution in [2.45, 2.75) is 39.2 Å². The number of anilines is 1. The normalized spacial score (nSPS) is 23.2. The lowest BCUT2D eigenvalue weighted by atomic mass is 9.98. The molecular formula is C16H24N2. The van der Waals surface area contributed by atoms with Gasteiger partial charge in [0.15, 0.2) is 0 Å². The van der Waals surface area contributed by atoms with Crippen LogP contribution in [0.3, 0.4) is 0 Å². The Morgan fingerprint density at radius 2 is 2.33 bits per heavy atom. The van der Waals surface area contributed by atoms with Crippen LogP contribution in [0.5, 0.6) is 0 Å². The van der Waals surface area contributed by atoms with Crippen molar-refractivity contribution in [2.75, 3.05) is 24.5 Å². The number of nitrogens with one attached hydrogen (secondary N) is 1. The van der Waals surface area contributed by atoms with Crippen molar-refractivity contribution in [1.29, 1.82) is 0 Å². The summed E-state index contributed by atoms with van der Waals surface area (Å²) in [5.41, 5.74) is 4.62. The Bertz CT molecular complexity index is 414. The number of fused-ring (bicyclic) bond motifs is 1. The summed E-state index contributed by atoms with van der Waals surface area (Å²) in [5.74, 6) is 0.919. The molecule has 0 amide bonds. The highest BCUT2D eigenvalue weighted by Gasteiger charge is 2.24. The third-order valence-corrected chi connectivity index (χ3v) is 4.44. The fourth-order valence-electron chi connectivity index (χ4n) is 3.49. The van der Waals surface area contributed by atoms with Crippen LogP contribution in [-0.2, 0) is 13.0 Å². The molecule has 18 heavy (non-hydrogen) atoms. The maximum atomic E-state index is 3.51. The summed E-state index contributed by atoms with van der Waals surface area (Å²) in [6, 6.07) is 6.87. The molecule has 2 heteroatoms. The molecule has 0 saturated carbocycles. The summed E-state index contributed by atoms with van der Waals surface area (Å²) >= 11 is 0. The lowest BCUT2D eigenvalue weighted by Gasteiger charge is -2.27. The molecule has 1 fully saturated rings. The molecule has 0 spiro atoms. The van der Waals surface area contributed by atoms with Crippen molar-refractivity contribution in [2.24, 2.45) is 5.92 Å². The van der Waals surface area contributed by atoms with E-state index in [-0.39, 0.29) is 0 Å². The second-order valence-corrected chi connectivity index (χ2v) is 5.73. The third-order valence-electron chi connectivity index (χ3n) is 4.44. The van der Waals surface area contributed by atoms with E-state index in [1.165, 1.54) is 44.5 Å². The topological polar surface area (TPSA) is 15.3 Å². The molecule has 1 aromatic rings. The van der Waals surface area contributed by atoms with E-state index in [2.05, 4.69) is 35.3 Å². The van der Waals surface area contributed by atoms with Crippen LogP contribution in [0.1, 0.15) is 37.3 Å². The molecule has 3 rings (SSSR count). The van der Waals surface area contributed by atoms with Gasteiger partial charge in [0, 0.05) is 25.3 Å². The fourth-order valence-corrected chi connectivity index (χ4v) is 3.49. The summed E-state index contributed by atoms with van der Waals surface area (Å²) in [5, 5.41) is 3.51. The van der Waals surface area contributed by atoms with Crippen molar-refractivity contribution in [1.82, 2.24) is 5.32 Å². The second-order valence-electron chi connectivity index (χ2n) is 5.73. The smallest absolute Gasteiger partial charge is 0.0414 e. The van der Waals surface area contributed by atoms with E-state index in [1.54, 1.807) is 11.1 Å².